The van der Waals surface area contributed by atoms with E-state index in [1.54, 1.807) is 18.4 Å². The molecule has 0 aliphatic carbocycles. The maximum Gasteiger partial charge on any atom is 0.162 e. The van der Waals surface area contributed by atoms with E-state index in [4.69, 9.17) is 10.5 Å². The molecule has 0 aromatic carbocycles. The number of anilines is 1. The van der Waals surface area contributed by atoms with Crippen LogP contribution in [0, 0.1) is 3.57 Å². The molecule has 4 nitrogen and oxygen atoms in total. The maximum absolute atomic E-state index is 5.85. The van der Waals surface area contributed by atoms with Gasteiger partial charge in [-0.25, -0.2) is 9.97 Å². The molecule has 0 unspecified atom stereocenters. The van der Waals surface area contributed by atoms with Gasteiger partial charge < -0.3 is 10.5 Å². The van der Waals surface area contributed by atoms with Crippen LogP contribution in [0.3, 0.4) is 0 Å². The Bertz CT molecular complexity index is 487. The Labute approximate surface area is 111 Å². The molecule has 0 saturated heterocycles. The molecule has 0 spiro atoms. The Balaban J connectivity index is 2.48. The smallest absolute Gasteiger partial charge is 0.162 e. The van der Waals surface area contributed by atoms with Crippen LogP contribution in [-0.4, -0.2) is 17.1 Å². The topological polar surface area (TPSA) is 61.0 Å². The van der Waals surface area contributed by atoms with Gasteiger partial charge in [-0.1, -0.05) is 0 Å². The fourth-order valence-corrected chi connectivity index (χ4v) is 2.30. The van der Waals surface area contributed by atoms with Crippen LogP contribution in [0.5, 0.6) is 0 Å². The van der Waals surface area contributed by atoms with Crippen LogP contribution in [0.2, 0.25) is 0 Å². The molecule has 84 valence electrons. The summed E-state index contributed by atoms with van der Waals surface area (Å²) in [6.45, 7) is 0.447. The molecule has 16 heavy (non-hydrogen) atoms. The minimum atomic E-state index is 0.447. The van der Waals surface area contributed by atoms with E-state index < -0.39 is 0 Å². The SMILES string of the molecule is COCc1nc(-c2ccsc2)nc(N)c1I. The monoisotopic (exact) mass is 347 g/mol. The number of methoxy groups -OCH3 is 1. The molecule has 2 rings (SSSR count). The van der Waals surface area contributed by atoms with E-state index in [1.807, 2.05) is 16.8 Å². The molecule has 2 aromatic heterocycles. The van der Waals surface area contributed by atoms with Gasteiger partial charge in [0.2, 0.25) is 0 Å². The van der Waals surface area contributed by atoms with Crippen molar-refractivity contribution in [3.63, 3.8) is 0 Å². The van der Waals surface area contributed by atoms with Crippen molar-refractivity contribution in [2.45, 2.75) is 6.61 Å². The summed E-state index contributed by atoms with van der Waals surface area (Å²) in [4.78, 5) is 8.72. The van der Waals surface area contributed by atoms with Crippen molar-refractivity contribution >= 4 is 39.7 Å². The van der Waals surface area contributed by atoms with Crippen molar-refractivity contribution < 1.29 is 4.74 Å². The molecule has 0 saturated carbocycles. The molecule has 2 N–H and O–H groups in total. The van der Waals surface area contributed by atoms with Gasteiger partial charge in [0, 0.05) is 18.1 Å². The first-order chi connectivity index (χ1) is 7.72. The van der Waals surface area contributed by atoms with Gasteiger partial charge in [-0.05, 0) is 34.0 Å². The van der Waals surface area contributed by atoms with E-state index in [-0.39, 0.29) is 0 Å². The summed E-state index contributed by atoms with van der Waals surface area (Å²) in [6, 6.07) is 1.98. The molecule has 0 radical (unpaired) electrons. The molecule has 0 fully saturated rings. The predicted octanol–water partition coefficient (Wildman–Crippen LogP) is 2.54. The highest BCUT2D eigenvalue weighted by Crippen LogP contribution is 2.23. The van der Waals surface area contributed by atoms with E-state index in [1.165, 1.54) is 0 Å². The van der Waals surface area contributed by atoms with Crippen LogP contribution in [-0.2, 0) is 11.3 Å². The largest absolute Gasteiger partial charge is 0.383 e. The number of nitrogen functional groups attached to an aromatic ring is 1. The fraction of sp³-hybridized carbons (Fsp3) is 0.200. The van der Waals surface area contributed by atoms with Gasteiger partial charge >= 0.3 is 0 Å². The lowest BCUT2D eigenvalue weighted by Crippen LogP contribution is -2.05. The summed E-state index contributed by atoms with van der Waals surface area (Å²) in [5.41, 5.74) is 7.67. The molecule has 0 amide bonds. The maximum atomic E-state index is 5.85. The van der Waals surface area contributed by atoms with Crippen molar-refractivity contribution in [1.29, 1.82) is 0 Å². The number of nitrogens with two attached hydrogens (primary N) is 1. The van der Waals surface area contributed by atoms with Crippen LogP contribution in [0.15, 0.2) is 16.8 Å². The zero-order valence-corrected chi connectivity index (χ0v) is 11.6. The highest BCUT2D eigenvalue weighted by molar-refractivity contribution is 14.1. The highest BCUT2D eigenvalue weighted by Gasteiger charge is 2.11. The Morgan fingerprint density at radius 2 is 2.31 bits per heavy atom. The summed E-state index contributed by atoms with van der Waals surface area (Å²) in [5.74, 6) is 1.16. The van der Waals surface area contributed by atoms with Crippen LogP contribution in [0.4, 0.5) is 5.82 Å². The van der Waals surface area contributed by atoms with E-state index in [0.29, 0.717) is 18.2 Å². The quantitative estimate of drug-likeness (QED) is 0.867. The van der Waals surface area contributed by atoms with Gasteiger partial charge in [0.05, 0.1) is 15.9 Å². The first kappa shape index (κ1) is 11.7. The van der Waals surface area contributed by atoms with Crippen molar-refractivity contribution in [2.75, 3.05) is 12.8 Å². The summed E-state index contributed by atoms with van der Waals surface area (Å²) in [6.07, 6.45) is 0. The lowest BCUT2D eigenvalue weighted by Gasteiger charge is -2.07. The molecule has 2 aromatic rings. The summed E-state index contributed by atoms with van der Waals surface area (Å²) < 4.78 is 5.95. The van der Waals surface area contributed by atoms with Gasteiger partial charge in [-0.15, -0.1) is 0 Å². The number of hydrogen-bond donors (Lipinski definition) is 1. The number of nitrogens with zero attached hydrogens (tertiary/aromatic N) is 2. The van der Waals surface area contributed by atoms with Crippen LogP contribution < -0.4 is 5.73 Å². The number of hydrogen-bond acceptors (Lipinski definition) is 5. The van der Waals surface area contributed by atoms with Gasteiger partial charge in [-0.3, -0.25) is 0 Å². The second-order valence-electron chi connectivity index (χ2n) is 3.14. The highest BCUT2D eigenvalue weighted by atomic mass is 127. The fourth-order valence-electron chi connectivity index (χ4n) is 1.27. The zero-order chi connectivity index (χ0) is 11.5. The summed E-state index contributed by atoms with van der Waals surface area (Å²) in [5, 5.41) is 3.99. The van der Waals surface area contributed by atoms with Crippen LogP contribution >= 0.6 is 33.9 Å². The Hall–Kier alpha value is -0.730. The van der Waals surface area contributed by atoms with Crippen molar-refractivity contribution in [1.82, 2.24) is 9.97 Å². The van der Waals surface area contributed by atoms with Crippen molar-refractivity contribution in [3.05, 3.63) is 26.1 Å². The van der Waals surface area contributed by atoms with Crippen LogP contribution in [0.25, 0.3) is 11.4 Å². The number of thiophene rings is 1. The van der Waals surface area contributed by atoms with Gasteiger partial charge in [0.15, 0.2) is 5.82 Å². The summed E-state index contributed by atoms with van der Waals surface area (Å²) in [7, 11) is 1.64. The minimum Gasteiger partial charge on any atom is -0.383 e. The van der Waals surface area contributed by atoms with E-state index in [2.05, 4.69) is 32.6 Å². The van der Waals surface area contributed by atoms with Gasteiger partial charge in [0.25, 0.3) is 0 Å². The average Bonchev–Trinajstić information content (AvgIpc) is 2.78. The molecule has 0 atom stereocenters. The number of aromatic nitrogens is 2. The first-order valence-corrected chi connectivity index (χ1v) is 6.58. The lowest BCUT2D eigenvalue weighted by atomic mass is 10.3. The molecule has 0 bridgehead atoms. The Morgan fingerprint density at radius 1 is 1.50 bits per heavy atom. The normalized spacial score (nSPS) is 10.6. The lowest BCUT2D eigenvalue weighted by molar-refractivity contribution is 0.181. The third kappa shape index (κ3) is 2.33. The molecule has 2 heterocycles. The predicted molar refractivity (Wildman–Crippen MR) is 73.2 cm³/mol. The van der Waals surface area contributed by atoms with Crippen molar-refractivity contribution in [3.8, 4) is 11.4 Å². The standard InChI is InChI=1S/C10H10IN3OS/c1-15-4-7-8(11)9(12)14-10(13-7)6-2-3-16-5-6/h2-3,5H,4H2,1H3,(H2,12,13,14). The van der Waals surface area contributed by atoms with E-state index in [9.17, 15) is 0 Å². The molecular formula is C10H10IN3OS. The third-order valence-corrected chi connectivity index (χ3v) is 3.86. The molecular weight excluding hydrogens is 337 g/mol. The summed E-state index contributed by atoms with van der Waals surface area (Å²) >= 11 is 3.75. The van der Waals surface area contributed by atoms with E-state index in [0.717, 1.165) is 14.8 Å². The average molecular weight is 347 g/mol. The first-order valence-electron chi connectivity index (χ1n) is 4.55. The van der Waals surface area contributed by atoms with E-state index >= 15 is 0 Å². The molecule has 0 aliphatic rings. The molecule has 0 aliphatic heterocycles. The number of halogens is 1. The van der Waals surface area contributed by atoms with Crippen LogP contribution in [0.1, 0.15) is 5.69 Å². The number of ether oxygens (including phenoxy) is 1. The Morgan fingerprint density at radius 3 is 2.94 bits per heavy atom. The number of rotatable bonds is 3. The molecule has 6 heteroatoms. The Kier molecular flexibility index (Phi) is 3.72. The second-order valence-corrected chi connectivity index (χ2v) is 5.00. The second kappa shape index (κ2) is 5.07. The van der Waals surface area contributed by atoms with Gasteiger partial charge in [-0.2, -0.15) is 11.3 Å². The minimum absolute atomic E-state index is 0.447. The van der Waals surface area contributed by atoms with Crippen molar-refractivity contribution in [2.24, 2.45) is 0 Å². The zero-order valence-electron chi connectivity index (χ0n) is 8.61. The third-order valence-electron chi connectivity index (χ3n) is 2.01. The van der Waals surface area contributed by atoms with Gasteiger partial charge in [0.1, 0.15) is 5.82 Å².